The van der Waals surface area contributed by atoms with Crippen LogP contribution in [0.25, 0.3) is 6.08 Å². The van der Waals surface area contributed by atoms with Gasteiger partial charge >= 0.3 is 11.9 Å². The number of hydrogen-bond acceptors (Lipinski definition) is 3. The second-order valence-corrected chi connectivity index (χ2v) is 5.03. The maximum Gasteiger partial charge on any atom is 0.346 e. The molecule has 0 radical (unpaired) electrons. The van der Waals surface area contributed by atoms with Gasteiger partial charge in [0.15, 0.2) is 0 Å². The van der Waals surface area contributed by atoms with Gasteiger partial charge in [0, 0.05) is 6.08 Å². The van der Waals surface area contributed by atoms with Gasteiger partial charge in [0.1, 0.15) is 0 Å². The van der Waals surface area contributed by atoms with Gasteiger partial charge < -0.3 is 4.74 Å². The first-order chi connectivity index (χ1) is 11.7. The van der Waals surface area contributed by atoms with Crippen LogP contribution in [0.5, 0.6) is 0 Å². The van der Waals surface area contributed by atoms with E-state index >= 15 is 0 Å². The Bertz CT molecular complexity index is 756. The Labute approximate surface area is 141 Å². The predicted octanol–water partition coefficient (Wildman–Crippen LogP) is 4.12. The molecule has 3 rings (SSSR count). The van der Waals surface area contributed by atoms with Crippen LogP contribution in [0, 0.1) is 0 Å². The van der Waals surface area contributed by atoms with Crippen LogP contribution in [-0.2, 0) is 20.7 Å². The molecule has 1 aliphatic rings. The van der Waals surface area contributed by atoms with Crippen molar-refractivity contribution >= 4 is 18.0 Å². The largest absolute Gasteiger partial charge is 0.386 e. The van der Waals surface area contributed by atoms with Gasteiger partial charge in [-0.05, 0) is 23.6 Å². The molecule has 0 bridgehead atoms. The molecule has 0 aliphatic carbocycles. The van der Waals surface area contributed by atoms with E-state index in [1.807, 2.05) is 54.6 Å². The van der Waals surface area contributed by atoms with Gasteiger partial charge in [-0.2, -0.15) is 0 Å². The van der Waals surface area contributed by atoms with E-state index in [0.29, 0.717) is 0 Å². The molecule has 0 saturated carbocycles. The van der Waals surface area contributed by atoms with E-state index in [0.717, 1.165) is 12.0 Å². The summed E-state index contributed by atoms with van der Waals surface area (Å²) in [6.45, 7) is 3.66. The Morgan fingerprint density at radius 3 is 2.04 bits per heavy atom. The zero-order valence-electron chi connectivity index (χ0n) is 13.2. The Balaban J connectivity index is 0.000000198. The molecule has 0 unspecified atom stereocenters. The number of carbonyl (C=O) groups is 2. The first-order valence-electron chi connectivity index (χ1n) is 7.55. The molecule has 0 atom stereocenters. The average Bonchev–Trinajstić information content (AvgIpc) is 2.93. The molecule has 120 valence electrons. The molecular weight excluding hydrogens is 300 g/mol. The van der Waals surface area contributed by atoms with Crippen LogP contribution in [0.15, 0.2) is 91.0 Å². The van der Waals surface area contributed by atoms with Crippen molar-refractivity contribution in [3.63, 3.8) is 0 Å². The summed E-state index contributed by atoms with van der Waals surface area (Å²) in [5.74, 6) is -1.19. The van der Waals surface area contributed by atoms with Crippen LogP contribution in [0.4, 0.5) is 0 Å². The molecule has 0 saturated heterocycles. The highest BCUT2D eigenvalue weighted by atomic mass is 16.6. The molecule has 0 spiro atoms. The lowest BCUT2D eigenvalue weighted by Gasteiger charge is -1.91. The van der Waals surface area contributed by atoms with Crippen molar-refractivity contribution in [2.24, 2.45) is 0 Å². The summed E-state index contributed by atoms with van der Waals surface area (Å²) in [7, 11) is 0. The van der Waals surface area contributed by atoms with Crippen molar-refractivity contribution in [1.82, 2.24) is 0 Å². The highest BCUT2D eigenvalue weighted by Gasteiger charge is 2.20. The molecule has 24 heavy (non-hydrogen) atoms. The van der Waals surface area contributed by atoms with E-state index in [9.17, 15) is 9.59 Å². The number of carbonyl (C=O) groups excluding carboxylic acids is 2. The molecule has 3 heteroatoms. The predicted molar refractivity (Wildman–Crippen MR) is 95.0 cm³/mol. The van der Waals surface area contributed by atoms with E-state index in [1.165, 1.54) is 11.6 Å². The minimum Gasteiger partial charge on any atom is -0.386 e. The van der Waals surface area contributed by atoms with Crippen LogP contribution in [0.1, 0.15) is 11.1 Å². The summed E-state index contributed by atoms with van der Waals surface area (Å²) < 4.78 is 4.34. The number of ether oxygens (including phenoxy) is 1. The van der Waals surface area contributed by atoms with Gasteiger partial charge in [-0.25, -0.2) is 9.59 Å². The van der Waals surface area contributed by atoms with E-state index in [1.54, 1.807) is 12.2 Å². The number of hydrogen-bond donors (Lipinski definition) is 0. The van der Waals surface area contributed by atoms with Gasteiger partial charge in [0.25, 0.3) is 0 Å². The Morgan fingerprint density at radius 2 is 1.50 bits per heavy atom. The van der Waals surface area contributed by atoms with Gasteiger partial charge in [0.05, 0.1) is 5.57 Å². The number of benzene rings is 2. The zero-order valence-corrected chi connectivity index (χ0v) is 13.2. The number of allylic oxidation sites excluding steroid dienone is 1. The number of esters is 2. The van der Waals surface area contributed by atoms with Crippen LogP contribution in [0.2, 0.25) is 0 Å². The Hall–Kier alpha value is -3.20. The topological polar surface area (TPSA) is 43.4 Å². The minimum absolute atomic E-state index is 0.281. The molecule has 2 aromatic rings. The summed E-state index contributed by atoms with van der Waals surface area (Å²) in [6.07, 6.45) is 7.40. The average molecular weight is 318 g/mol. The molecule has 2 aromatic carbocycles. The second kappa shape index (κ2) is 9.06. The highest BCUT2D eigenvalue weighted by molar-refractivity contribution is 6.10. The van der Waals surface area contributed by atoms with E-state index in [-0.39, 0.29) is 5.57 Å². The van der Waals surface area contributed by atoms with Crippen molar-refractivity contribution in [2.45, 2.75) is 6.42 Å². The molecule has 0 N–H and O–H groups in total. The Morgan fingerprint density at radius 1 is 0.875 bits per heavy atom. The normalized spacial score (nSPS) is 13.1. The van der Waals surface area contributed by atoms with Crippen LogP contribution in [0.3, 0.4) is 0 Å². The number of cyclic esters (lactones) is 2. The molecule has 3 nitrogen and oxygen atoms in total. The lowest BCUT2D eigenvalue weighted by atomic mass is 10.1. The summed E-state index contributed by atoms with van der Waals surface area (Å²) in [4.78, 5) is 21.8. The zero-order chi connectivity index (χ0) is 17.2. The second-order valence-electron chi connectivity index (χ2n) is 5.03. The van der Waals surface area contributed by atoms with Crippen molar-refractivity contribution in [3.8, 4) is 0 Å². The molecule has 0 fully saturated rings. The van der Waals surface area contributed by atoms with Crippen LogP contribution >= 0.6 is 0 Å². The number of rotatable bonds is 4. The smallest absolute Gasteiger partial charge is 0.346 e. The van der Waals surface area contributed by atoms with Gasteiger partial charge in [0.2, 0.25) is 0 Å². The van der Waals surface area contributed by atoms with E-state index in [2.05, 4.69) is 23.4 Å². The van der Waals surface area contributed by atoms with Crippen LogP contribution in [-0.4, -0.2) is 11.9 Å². The first kappa shape index (κ1) is 17.2. The summed E-state index contributed by atoms with van der Waals surface area (Å²) in [6, 6.07) is 19.8. The van der Waals surface area contributed by atoms with Crippen molar-refractivity contribution in [3.05, 3.63) is 102 Å². The maximum atomic E-state index is 11.0. The van der Waals surface area contributed by atoms with E-state index in [4.69, 9.17) is 0 Å². The standard InChI is InChI=1S/C12H8O3.C9H10/c13-11-8-10(12(14)15-11)7-6-9-4-2-1-3-5-9;1-2-6-9-7-4-3-5-8-9/h1-8H;2-5,7-8H,1,6H2. The molecule has 1 heterocycles. The maximum absolute atomic E-state index is 11.0. The third-order valence-corrected chi connectivity index (χ3v) is 3.18. The summed E-state index contributed by atoms with van der Waals surface area (Å²) >= 11 is 0. The molecular formula is C21H18O3. The first-order valence-corrected chi connectivity index (χ1v) is 7.55. The fourth-order valence-corrected chi connectivity index (χ4v) is 2.01. The molecule has 1 aliphatic heterocycles. The van der Waals surface area contributed by atoms with Gasteiger partial charge in [-0.15, -0.1) is 6.58 Å². The van der Waals surface area contributed by atoms with Gasteiger partial charge in [-0.3, -0.25) is 0 Å². The van der Waals surface area contributed by atoms with Crippen molar-refractivity contribution < 1.29 is 14.3 Å². The lowest BCUT2D eigenvalue weighted by molar-refractivity contribution is -0.150. The molecule has 0 amide bonds. The van der Waals surface area contributed by atoms with Gasteiger partial charge in [-0.1, -0.05) is 72.8 Å². The van der Waals surface area contributed by atoms with Crippen LogP contribution < -0.4 is 0 Å². The summed E-state index contributed by atoms with van der Waals surface area (Å²) in [5, 5.41) is 0. The fraction of sp³-hybridized carbons (Fsp3) is 0.0476. The Kier molecular flexibility index (Phi) is 6.47. The van der Waals surface area contributed by atoms with E-state index < -0.39 is 11.9 Å². The SMILES string of the molecule is C=CCc1ccccc1.O=C1C=C(C=Cc2ccccc2)C(=O)O1. The third-order valence-electron chi connectivity index (χ3n) is 3.18. The van der Waals surface area contributed by atoms with Crippen molar-refractivity contribution in [1.29, 1.82) is 0 Å². The highest BCUT2D eigenvalue weighted by Crippen LogP contribution is 2.11. The minimum atomic E-state index is -0.604. The summed E-state index contributed by atoms with van der Waals surface area (Å²) in [5.41, 5.74) is 2.57. The fourth-order valence-electron chi connectivity index (χ4n) is 2.01. The quantitative estimate of drug-likeness (QED) is 0.484. The monoisotopic (exact) mass is 318 g/mol. The molecule has 0 aromatic heterocycles. The lowest BCUT2D eigenvalue weighted by Crippen LogP contribution is -2.00. The van der Waals surface area contributed by atoms with Crippen molar-refractivity contribution in [2.75, 3.05) is 0 Å². The third kappa shape index (κ3) is 5.54.